The van der Waals surface area contributed by atoms with Crippen molar-refractivity contribution in [2.75, 3.05) is 16.3 Å². The van der Waals surface area contributed by atoms with Crippen LogP contribution in [0.3, 0.4) is 0 Å². The van der Waals surface area contributed by atoms with Crippen molar-refractivity contribution in [2.45, 2.75) is 33.6 Å². The molecule has 4 nitrogen and oxygen atoms in total. The Bertz CT molecular complexity index is 1340. The fraction of sp³-hybridized carbons (Fsp3) is 0.214. The Morgan fingerprint density at radius 2 is 1.55 bits per heavy atom. The zero-order valence-corrected chi connectivity index (χ0v) is 19.7. The molecule has 5 rings (SSSR count). The van der Waals surface area contributed by atoms with Gasteiger partial charge in [-0.3, -0.25) is 9.59 Å². The molecule has 5 heteroatoms. The van der Waals surface area contributed by atoms with Crippen molar-refractivity contribution in [2.24, 2.45) is 0 Å². The van der Waals surface area contributed by atoms with Crippen LogP contribution < -0.4 is 9.80 Å². The molecule has 0 aliphatic carbocycles. The summed E-state index contributed by atoms with van der Waals surface area (Å²) < 4.78 is 0. The lowest BCUT2D eigenvalue weighted by Crippen LogP contribution is -2.37. The van der Waals surface area contributed by atoms with Gasteiger partial charge in [-0.2, -0.15) is 0 Å². The number of fused-ring (bicyclic) bond motifs is 1. The van der Waals surface area contributed by atoms with Crippen molar-refractivity contribution in [3.63, 3.8) is 0 Å². The summed E-state index contributed by atoms with van der Waals surface area (Å²) in [5.74, 6) is -0.623. The van der Waals surface area contributed by atoms with Gasteiger partial charge in [0.2, 0.25) is 0 Å². The topological polar surface area (TPSA) is 40.6 Å². The number of para-hydroxylation sites is 1. The molecule has 0 spiro atoms. The van der Waals surface area contributed by atoms with Crippen molar-refractivity contribution in [3.05, 3.63) is 99.2 Å². The van der Waals surface area contributed by atoms with E-state index in [4.69, 9.17) is 11.6 Å². The van der Waals surface area contributed by atoms with E-state index >= 15 is 0 Å². The first kappa shape index (κ1) is 21.5. The molecule has 0 atom stereocenters. The van der Waals surface area contributed by atoms with Crippen molar-refractivity contribution in [3.8, 4) is 0 Å². The van der Waals surface area contributed by atoms with Gasteiger partial charge in [0.1, 0.15) is 5.70 Å². The number of rotatable bonds is 3. The number of imide groups is 1. The minimum absolute atomic E-state index is 0.310. The standard InChI is InChI=1S/C28H25ClN2O2/c1-17-10-12-21(15-19(17)3)25-26(30-14-6-8-20-7-4-5-9-23(20)30)28(33)31(27(25)32)24-16-22(29)13-11-18(24)2/h4-5,7,9-13,15-16H,6,8,14H2,1-3H3. The Balaban J connectivity index is 1.74. The Hall–Kier alpha value is -3.37. The van der Waals surface area contributed by atoms with Crippen LogP contribution in [0.1, 0.15) is 34.2 Å². The number of hydrogen-bond donors (Lipinski definition) is 0. The van der Waals surface area contributed by atoms with E-state index in [1.165, 1.54) is 10.5 Å². The number of carbonyl (C=O) groups is 2. The van der Waals surface area contributed by atoms with E-state index in [1.54, 1.807) is 12.1 Å². The van der Waals surface area contributed by atoms with Crippen molar-refractivity contribution in [1.82, 2.24) is 0 Å². The van der Waals surface area contributed by atoms with Crippen molar-refractivity contribution < 1.29 is 9.59 Å². The van der Waals surface area contributed by atoms with E-state index in [0.717, 1.165) is 40.8 Å². The molecule has 0 aromatic heterocycles. The van der Waals surface area contributed by atoms with Crippen LogP contribution in [-0.2, 0) is 16.0 Å². The molecule has 166 valence electrons. The molecular formula is C28H25ClN2O2. The molecule has 0 unspecified atom stereocenters. The van der Waals surface area contributed by atoms with E-state index in [2.05, 4.69) is 6.07 Å². The Morgan fingerprint density at radius 1 is 0.788 bits per heavy atom. The number of benzene rings is 3. The summed E-state index contributed by atoms with van der Waals surface area (Å²) >= 11 is 6.26. The van der Waals surface area contributed by atoms with E-state index in [1.807, 2.05) is 68.1 Å². The number of anilines is 2. The Kier molecular flexibility index (Phi) is 5.34. The second-order valence-electron chi connectivity index (χ2n) is 8.78. The molecule has 3 aromatic carbocycles. The van der Waals surface area contributed by atoms with Crippen LogP contribution in [-0.4, -0.2) is 18.4 Å². The van der Waals surface area contributed by atoms with E-state index in [9.17, 15) is 9.59 Å². The molecule has 0 fully saturated rings. The quantitative estimate of drug-likeness (QED) is 0.453. The van der Waals surface area contributed by atoms with Gasteiger partial charge in [0, 0.05) is 17.3 Å². The lowest BCUT2D eigenvalue weighted by molar-refractivity contribution is -0.120. The van der Waals surface area contributed by atoms with Gasteiger partial charge in [-0.1, -0.05) is 54.1 Å². The van der Waals surface area contributed by atoms with Crippen LogP contribution in [0.25, 0.3) is 5.57 Å². The highest BCUT2D eigenvalue weighted by molar-refractivity contribution is 6.46. The molecule has 0 radical (unpaired) electrons. The largest absolute Gasteiger partial charge is 0.336 e. The summed E-state index contributed by atoms with van der Waals surface area (Å²) in [5.41, 5.74) is 7.39. The van der Waals surface area contributed by atoms with Crippen LogP contribution in [0.5, 0.6) is 0 Å². The maximum atomic E-state index is 14.0. The first-order valence-corrected chi connectivity index (χ1v) is 11.6. The van der Waals surface area contributed by atoms with Gasteiger partial charge in [-0.05, 0) is 79.6 Å². The lowest BCUT2D eigenvalue weighted by atomic mass is 9.97. The molecule has 33 heavy (non-hydrogen) atoms. The number of hydrogen-bond acceptors (Lipinski definition) is 3. The van der Waals surface area contributed by atoms with E-state index < -0.39 is 0 Å². The third-order valence-electron chi connectivity index (χ3n) is 6.65. The third-order valence-corrected chi connectivity index (χ3v) is 6.88. The minimum atomic E-state index is -0.313. The molecule has 2 heterocycles. The number of carbonyl (C=O) groups excluding carboxylic acids is 2. The van der Waals surface area contributed by atoms with Crippen LogP contribution >= 0.6 is 11.6 Å². The summed E-state index contributed by atoms with van der Waals surface area (Å²) in [7, 11) is 0. The maximum Gasteiger partial charge on any atom is 0.282 e. The molecule has 2 aliphatic heterocycles. The van der Waals surface area contributed by atoms with E-state index in [0.29, 0.717) is 28.5 Å². The molecule has 2 aliphatic rings. The monoisotopic (exact) mass is 456 g/mol. The van der Waals surface area contributed by atoms with Gasteiger partial charge in [0.05, 0.1) is 11.3 Å². The first-order chi connectivity index (χ1) is 15.9. The second kappa shape index (κ2) is 8.20. The zero-order chi connectivity index (χ0) is 23.3. The normalized spacial score (nSPS) is 16.0. The predicted molar refractivity (Wildman–Crippen MR) is 134 cm³/mol. The average molecular weight is 457 g/mol. The van der Waals surface area contributed by atoms with Crippen LogP contribution in [0.2, 0.25) is 5.02 Å². The maximum absolute atomic E-state index is 14.0. The summed E-state index contributed by atoms with van der Waals surface area (Å²) in [4.78, 5) is 31.2. The van der Waals surface area contributed by atoms with E-state index in [-0.39, 0.29) is 11.8 Å². The van der Waals surface area contributed by atoms with Crippen LogP contribution in [0.15, 0.2) is 66.4 Å². The summed E-state index contributed by atoms with van der Waals surface area (Å²) in [6.07, 6.45) is 1.87. The van der Waals surface area contributed by atoms with Crippen LogP contribution in [0, 0.1) is 20.8 Å². The molecule has 0 bridgehead atoms. The molecular weight excluding hydrogens is 432 g/mol. The molecule has 0 N–H and O–H groups in total. The fourth-order valence-corrected chi connectivity index (χ4v) is 4.90. The number of nitrogens with zero attached hydrogens (tertiary/aromatic N) is 2. The molecule has 0 saturated carbocycles. The highest BCUT2D eigenvalue weighted by Gasteiger charge is 2.44. The van der Waals surface area contributed by atoms with Gasteiger partial charge in [-0.25, -0.2) is 4.90 Å². The van der Waals surface area contributed by atoms with Gasteiger partial charge in [0.15, 0.2) is 0 Å². The summed E-state index contributed by atoms with van der Waals surface area (Å²) in [5, 5.41) is 0.487. The van der Waals surface area contributed by atoms with Gasteiger partial charge < -0.3 is 4.90 Å². The number of halogens is 1. The first-order valence-electron chi connectivity index (χ1n) is 11.2. The van der Waals surface area contributed by atoms with Gasteiger partial charge in [-0.15, -0.1) is 0 Å². The molecule has 0 saturated heterocycles. The fourth-order valence-electron chi connectivity index (χ4n) is 4.73. The second-order valence-corrected chi connectivity index (χ2v) is 9.22. The van der Waals surface area contributed by atoms with Crippen molar-refractivity contribution >= 4 is 40.4 Å². The van der Waals surface area contributed by atoms with Gasteiger partial charge >= 0.3 is 0 Å². The average Bonchev–Trinajstić information content (AvgIpc) is 3.06. The summed E-state index contributed by atoms with van der Waals surface area (Å²) in [6.45, 7) is 6.63. The third kappa shape index (κ3) is 3.55. The Morgan fingerprint density at radius 3 is 2.33 bits per heavy atom. The SMILES string of the molecule is Cc1ccc(C2=C(N3CCCc4ccccc43)C(=O)N(c3cc(Cl)ccc3C)C2=O)cc1C. The van der Waals surface area contributed by atoms with Gasteiger partial charge in [0.25, 0.3) is 11.8 Å². The number of amides is 2. The predicted octanol–water partition coefficient (Wildman–Crippen LogP) is 6.00. The highest BCUT2D eigenvalue weighted by Crippen LogP contribution is 2.40. The Labute approximate surface area is 199 Å². The summed E-state index contributed by atoms with van der Waals surface area (Å²) in [6, 6.07) is 19.4. The highest BCUT2D eigenvalue weighted by atomic mass is 35.5. The lowest BCUT2D eigenvalue weighted by Gasteiger charge is -2.32. The van der Waals surface area contributed by atoms with Crippen LogP contribution in [0.4, 0.5) is 11.4 Å². The number of aryl methyl sites for hydroxylation is 4. The molecule has 3 aromatic rings. The molecule has 2 amide bonds. The minimum Gasteiger partial charge on any atom is -0.336 e. The smallest absolute Gasteiger partial charge is 0.282 e. The van der Waals surface area contributed by atoms with Crippen molar-refractivity contribution in [1.29, 1.82) is 0 Å². The zero-order valence-electron chi connectivity index (χ0n) is 19.0.